The summed E-state index contributed by atoms with van der Waals surface area (Å²) in [6.45, 7) is 0.331. The van der Waals surface area contributed by atoms with E-state index in [2.05, 4.69) is 22.5 Å². The quantitative estimate of drug-likeness (QED) is 0.851. The lowest BCUT2D eigenvalue weighted by atomic mass is 9.93. The first-order valence-electron chi connectivity index (χ1n) is 7.24. The van der Waals surface area contributed by atoms with Crippen LogP contribution in [0.5, 0.6) is 5.75 Å². The summed E-state index contributed by atoms with van der Waals surface area (Å²) in [4.78, 5) is 16.3. The van der Waals surface area contributed by atoms with Gasteiger partial charge in [-0.15, -0.1) is 0 Å². The summed E-state index contributed by atoms with van der Waals surface area (Å²) in [5.74, 6) is 0.257. The van der Waals surface area contributed by atoms with Crippen molar-refractivity contribution in [3.63, 3.8) is 0 Å². The molecule has 0 spiro atoms. The number of phenolic OH excluding ortho intramolecular Hbond substituents is 1. The minimum Gasteiger partial charge on any atom is -0.505 e. The Morgan fingerprint density at radius 2 is 2.24 bits per heavy atom. The van der Waals surface area contributed by atoms with Crippen LogP contribution in [0.4, 0.5) is 0 Å². The molecular formula is C17H18N2O2. The zero-order chi connectivity index (χ0) is 14.7. The Morgan fingerprint density at radius 3 is 3.05 bits per heavy atom. The molecular weight excluding hydrogens is 264 g/mol. The van der Waals surface area contributed by atoms with E-state index in [9.17, 15) is 9.90 Å². The van der Waals surface area contributed by atoms with E-state index in [4.69, 9.17) is 0 Å². The first kappa shape index (κ1) is 13.6. The number of carbonyl (C=O) groups is 1. The van der Waals surface area contributed by atoms with Crippen molar-refractivity contribution in [3.8, 4) is 5.75 Å². The highest BCUT2D eigenvalue weighted by Crippen LogP contribution is 2.27. The van der Waals surface area contributed by atoms with Crippen molar-refractivity contribution in [1.29, 1.82) is 0 Å². The van der Waals surface area contributed by atoms with Gasteiger partial charge in [-0.3, -0.25) is 9.78 Å². The molecule has 1 aliphatic rings. The van der Waals surface area contributed by atoms with Gasteiger partial charge in [0.05, 0.1) is 0 Å². The van der Waals surface area contributed by atoms with Crippen molar-refractivity contribution < 1.29 is 9.90 Å². The molecule has 1 atom stereocenters. The summed E-state index contributed by atoms with van der Waals surface area (Å²) in [5, 5.41) is 14.1. The van der Waals surface area contributed by atoms with Crippen LogP contribution in [0.2, 0.25) is 0 Å². The van der Waals surface area contributed by atoms with E-state index >= 15 is 0 Å². The van der Waals surface area contributed by atoms with Gasteiger partial charge in [-0.2, -0.15) is 0 Å². The lowest BCUT2D eigenvalue weighted by Crippen LogP contribution is -2.30. The Bertz CT molecular complexity index is 694. The van der Waals surface area contributed by atoms with Gasteiger partial charge < -0.3 is 10.4 Å². The smallest absolute Gasteiger partial charge is 0.223 e. The van der Waals surface area contributed by atoms with E-state index in [0.29, 0.717) is 17.6 Å². The van der Waals surface area contributed by atoms with E-state index < -0.39 is 0 Å². The van der Waals surface area contributed by atoms with Gasteiger partial charge in [0.25, 0.3) is 0 Å². The van der Waals surface area contributed by atoms with Crippen molar-refractivity contribution in [2.45, 2.75) is 25.8 Å². The fraction of sp³-hybridized carbons (Fsp3) is 0.294. The normalized spacial score (nSPS) is 17.8. The highest BCUT2D eigenvalue weighted by molar-refractivity contribution is 5.85. The van der Waals surface area contributed by atoms with Crippen LogP contribution in [0, 0.1) is 5.92 Å². The summed E-state index contributed by atoms with van der Waals surface area (Å²) in [7, 11) is 0. The SMILES string of the molecule is O=C(NCc1ccc2cccnc2c1O)C1CC=CCC1. The number of phenols is 1. The number of carbonyl (C=O) groups excluding carboxylic acids is 1. The number of allylic oxidation sites excluding steroid dienone is 2. The van der Waals surface area contributed by atoms with Gasteiger partial charge >= 0.3 is 0 Å². The van der Waals surface area contributed by atoms with Crippen LogP contribution in [0.1, 0.15) is 24.8 Å². The number of nitrogens with one attached hydrogen (secondary N) is 1. The molecule has 1 aromatic heterocycles. The molecule has 1 aliphatic carbocycles. The molecule has 0 saturated carbocycles. The van der Waals surface area contributed by atoms with Gasteiger partial charge in [-0.25, -0.2) is 0 Å². The van der Waals surface area contributed by atoms with Crippen LogP contribution >= 0.6 is 0 Å². The molecule has 1 aromatic carbocycles. The molecule has 2 aromatic rings. The Balaban J connectivity index is 1.72. The van der Waals surface area contributed by atoms with Crippen molar-refractivity contribution in [3.05, 3.63) is 48.2 Å². The molecule has 0 fully saturated rings. The van der Waals surface area contributed by atoms with Gasteiger partial charge in [0, 0.05) is 29.6 Å². The minimum atomic E-state index is 0.0516. The molecule has 21 heavy (non-hydrogen) atoms. The third-order valence-corrected chi connectivity index (χ3v) is 3.92. The molecule has 0 aliphatic heterocycles. The van der Waals surface area contributed by atoms with Crippen LogP contribution < -0.4 is 5.32 Å². The van der Waals surface area contributed by atoms with Crippen molar-refractivity contribution in [2.75, 3.05) is 0 Å². The standard InChI is InChI=1S/C17H18N2O2/c20-16-14(9-8-12-7-4-10-18-15(12)16)11-19-17(21)13-5-2-1-3-6-13/h1-2,4,7-10,13,20H,3,5-6,11H2,(H,19,21). The molecule has 1 heterocycles. The number of fused-ring (bicyclic) bond motifs is 1. The van der Waals surface area contributed by atoms with E-state index in [1.807, 2.05) is 24.3 Å². The lowest BCUT2D eigenvalue weighted by Gasteiger charge is -2.17. The van der Waals surface area contributed by atoms with Crippen LogP contribution in [0.3, 0.4) is 0 Å². The second-order valence-electron chi connectivity index (χ2n) is 5.35. The fourth-order valence-electron chi connectivity index (χ4n) is 2.67. The van der Waals surface area contributed by atoms with E-state index in [-0.39, 0.29) is 17.6 Å². The average molecular weight is 282 g/mol. The third kappa shape index (κ3) is 2.89. The van der Waals surface area contributed by atoms with Gasteiger partial charge in [0.2, 0.25) is 5.91 Å². The van der Waals surface area contributed by atoms with Crippen molar-refractivity contribution >= 4 is 16.8 Å². The maximum atomic E-state index is 12.1. The van der Waals surface area contributed by atoms with E-state index in [1.165, 1.54) is 0 Å². The number of pyridine rings is 1. The first-order chi connectivity index (χ1) is 10.3. The number of aromatic hydroxyl groups is 1. The number of aromatic nitrogens is 1. The van der Waals surface area contributed by atoms with Gasteiger partial charge in [-0.05, 0) is 25.3 Å². The minimum absolute atomic E-state index is 0.0516. The topological polar surface area (TPSA) is 62.2 Å². The summed E-state index contributed by atoms with van der Waals surface area (Å²) in [5.41, 5.74) is 1.27. The second-order valence-corrected chi connectivity index (χ2v) is 5.35. The lowest BCUT2D eigenvalue weighted by molar-refractivity contribution is -0.125. The Labute approximate surface area is 123 Å². The first-order valence-corrected chi connectivity index (χ1v) is 7.24. The van der Waals surface area contributed by atoms with Crippen LogP contribution in [0.25, 0.3) is 10.9 Å². The molecule has 0 radical (unpaired) electrons. The third-order valence-electron chi connectivity index (χ3n) is 3.92. The zero-order valence-corrected chi connectivity index (χ0v) is 11.7. The second kappa shape index (κ2) is 5.95. The number of rotatable bonds is 3. The maximum Gasteiger partial charge on any atom is 0.223 e. The molecule has 3 rings (SSSR count). The van der Waals surface area contributed by atoms with Gasteiger partial charge in [0.15, 0.2) is 0 Å². The molecule has 4 heteroatoms. The monoisotopic (exact) mass is 282 g/mol. The molecule has 0 bridgehead atoms. The largest absolute Gasteiger partial charge is 0.505 e. The van der Waals surface area contributed by atoms with Gasteiger partial charge in [-0.1, -0.05) is 30.4 Å². The number of benzene rings is 1. The molecule has 108 valence electrons. The predicted octanol–water partition coefficient (Wildman–Crippen LogP) is 2.91. The predicted molar refractivity (Wildman–Crippen MR) is 81.7 cm³/mol. The summed E-state index contributed by atoms with van der Waals surface area (Å²) in [6.07, 6.45) is 8.49. The Kier molecular flexibility index (Phi) is 3.86. The molecule has 1 amide bonds. The number of nitrogens with zero attached hydrogens (tertiary/aromatic N) is 1. The molecule has 0 saturated heterocycles. The Morgan fingerprint density at radius 1 is 1.33 bits per heavy atom. The number of hydrogen-bond donors (Lipinski definition) is 2. The Hall–Kier alpha value is -2.36. The maximum absolute atomic E-state index is 12.1. The van der Waals surface area contributed by atoms with Gasteiger partial charge in [0.1, 0.15) is 11.3 Å². The number of hydrogen-bond acceptors (Lipinski definition) is 3. The fourth-order valence-corrected chi connectivity index (χ4v) is 2.67. The van der Waals surface area contributed by atoms with E-state index in [0.717, 1.165) is 24.6 Å². The highest BCUT2D eigenvalue weighted by atomic mass is 16.3. The summed E-state index contributed by atoms with van der Waals surface area (Å²) >= 11 is 0. The molecule has 2 N–H and O–H groups in total. The molecule has 4 nitrogen and oxygen atoms in total. The number of amides is 1. The van der Waals surface area contributed by atoms with Crippen LogP contribution in [-0.4, -0.2) is 16.0 Å². The van der Waals surface area contributed by atoms with Crippen molar-refractivity contribution in [2.24, 2.45) is 5.92 Å². The van der Waals surface area contributed by atoms with Crippen LogP contribution in [0.15, 0.2) is 42.6 Å². The summed E-state index contributed by atoms with van der Waals surface area (Å²) in [6, 6.07) is 7.48. The summed E-state index contributed by atoms with van der Waals surface area (Å²) < 4.78 is 0. The van der Waals surface area contributed by atoms with E-state index in [1.54, 1.807) is 6.20 Å². The average Bonchev–Trinajstić information content (AvgIpc) is 2.55. The van der Waals surface area contributed by atoms with Crippen LogP contribution in [-0.2, 0) is 11.3 Å². The van der Waals surface area contributed by atoms with Crippen molar-refractivity contribution in [1.82, 2.24) is 10.3 Å². The highest BCUT2D eigenvalue weighted by Gasteiger charge is 2.18. The zero-order valence-electron chi connectivity index (χ0n) is 11.7. The molecule has 1 unspecified atom stereocenters.